The monoisotopic (exact) mass is 469 g/mol. The number of aliphatic carboxylic acids is 1. The maximum Gasteiger partial charge on any atom is 0.416 e. The Morgan fingerprint density at radius 3 is 2.50 bits per heavy atom. The van der Waals surface area contributed by atoms with E-state index < -0.39 is 17.7 Å². The number of halogens is 3. The second kappa shape index (κ2) is 9.62. The van der Waals surface area contributed by atoms with E-state index in [1.54, 1.807) is 30.5 Å². The van der Waals surface area contributed by atoms with Crippen LogP contribution in [0.15, 0.2) is 61.1 Å². The van der Waals surface area contributed by atoms with Crippen LogP contribution in [0.3, 0.4) is 0 Å². The van der Waals surface area contributed by atoms with Crippen molar-refractivity contribution in [3.8, 4) is 11.1 Å². The Hall–Kier alpha value is -3.75. The highest BCUT2D eigenvalue weighted by Crippen LogP contribution is 2.36. The number of aromatic nitrogens is 2. The van der Waals surface area contributed by atoms with Crippen molar-refractivity contribution in [2.24, 2.45) is 5.92 Å². The lowest BCUT2D eigenvalue weighted by molar-refractivity contribution is -0.138. The van der Waals surface area contributed by atoms with Crippen LogP contribution in [0, 0.1) is 5.92 Å². The zero-order valence-corrected chi connectivity index (χ0v) is 18.1. The summed E-state index contributed by atoms with van der Waals surface area (Å²) in [7, 11) is 0. The minimum atomic E-state index is -4.55. The van der Waals surface area contributed by atoms with Crippen molar-refractivity contribution >= 4 is 11.9 Å². The topological polar surface area (TPSA) is 83.4 Å². The van der Waals surface area contributed by atoms with Crippen LogP contribution in [0.1, 0.15) is 35.2 Å². The van der Waals surface area contributed by atoms with Crippen molar-refractivity contribution in [2.45, 2.75) is 38.5 Å². The summed E-state index contributed by atoms with van der Waals surface area (Å²) >= 11 is 0. The van der Waals surface area contributed by atoms with E-state index >= 15 is 0 Å². The first-order valence-electron chi connectivity index (χ1n) is 10.8. The number of nitrogens with zero attached hydrogens (tertiary/aromatic N) is 3. The molecule has 2 aromatic heterocycles. The van der Waals surface area contributed by atoms with E-state index in [0.717, 1.165) is 25.0 Å². The van der Waals surface area contributed by atoms with Crippen LogP contribution in [0.5, 0.6) is 0 Å². The predicted molar refractivity (Wildman–Crippen MR) is 117 cm³/mol. The van der Waals surface area contributed by atoms with Crippen LogP contribution in [0.25, 0.3) is 11.1 Å². The number of carbonyl (C=O) groups excluding carboxylic acids is 1. The van der Waals surface area contributed by atoms with Gasteiger partial charge in [0, 0.05) is 36.6 Å². The van der Waals surface area contributed by atoms with E-state index in [4.69, 9.17) is 5.11 Å². The third-order valence-corrected chi connectivity index (χ3v) is 5.57. The summed E-state index contributed by atoms with van der Waals surface area (Å²) in [4.78, 5) is 34.0. The summed E-state index contributed by atoms with van der Waals surface area (Å²) in [6.07, 6.45) is 1.19. The first kappa shape index (κ1) is 23.4. The number of hydrogen-bond donors (Lipinski definition) is 1. The highest BCUT2D eigenvalue weighted by molar-refractivity contribution is 5.81. The molecule has 0 saturated heterocycles. The van der Waals surface area contributed by atoms with Gasteiger partial charge in [0.25, 0.3) is 0 Å². The molecule has 1 amide bonds. The number of carboxylic acids is 1. The third-order valence-electron chi connectivity index (χ3n) is 5.57. The number of carbonyl (C=O) groups is 2. The van der Waals surface area contributed by atoms with E-state index in [-0.39, 0.29) is 31.3 Å². The largest absolute Gasteiger partial charge is 0.481 e. The van der Waals surface area contributed by atoms with E-state index in [0.29, 0.717) is 27.9 Å². The Bertz CT molecular complexity index is 1190. The second-order valence-electron chi connectivity index (χ2n) is 8.31. The van der Waals surface area contributed by atoms with E-state index in [1.807, 2.05) is 0 Å². The number of amides is 1. The van der Waals surface area contributed by atoms with Gasteiger partial charge in [-0.1, -0.05) is 12.1 Å². The van der Waals surface area contributed by atoms with Gasteiger partial charge in [-0.2, -0.15) is 13.2 Å². The fraction of sp³-hybridized carbons (Fsp3) is 0.280. The van der Waals surface area contributed by atoms with Crippen LogP contribution in [-0.2, 0) is 35.3 Å². The molecule has 1 aromatic carbocycles. The number of hydrogen-bond acceptors (Lipinski definition) is 4. The van der Waals surface area contributed by atoms with Gasteiger partial charge in [-0.15, -0.1) is 0 Å². The van der Waals surface area contributed by atoms with Gasteiger partial charge in [0.15, 0.2) is 0 Å². The van der Waals surface area contributed by atoms with Gasteiger partial charge in [0.1, 0.15) is 0 Å². The molecule has 0 unspecified atom stereocenters. The molecule has 1 aliphatic carbocycles. The molecular formula is C25H22F3N3O3. The number of carboxylic acid groups (broad SMARTS) is 1. The predicted octanol–water partition coefficient (Wildman–Crippen LogP) is 4.73. The fourth-order valence-corrected chi connectivity index (χ4v) is 3.78. The van der Waals surface area contributed by atoms with Crippen LogP contribution >= 0.6 is 0 Å². The molecule has 6 nitrogen and oxygen atoms in total. The van der Waals surface area contributed by atoms with Crippen molar-refractivity contribution in [2.75, 3.05) is 0 Å². The number of pyridine rings is 2. The average molecular weight is 469 g/mol. The molecule has 34 heavy (non-hydrogen) atoms. The Kier molecular flexibility index (Phi) is 6.63. The van der Waals surface area contributed by atoms with E-state index in [1.165, 1.54) is 23.4 Å². The molecule has 0 bridgehead atoms. The van der Waals surface area contributed by atoms with E-state index in [9.17, 15) is 22.8 Å². The molecule has 4 rings (SSSR count). The summed E-state index contributed by atoms with van der Waals surface area (Å²) in [5.74, 6) is -1.28. The van der Waals surface area contributed by atoms with Gasteiger partial charge in [-0.25, -0.2) is 0 Å². The first-order chi connectivity index (χ1) is 16.2. The first-order valence-corrected chi connectivity index (χ1v) is 10.8. The van der Waals surface area contributed by atoms with Gasteiger partial charge >= 0.3 is 12.1 Å². The summed E-state index contributed by atoms with van der Waals surface area (Å²) in [5.41, 5.74) is 1.48. The Morgan fingerprint density at radius 1 is 1.06 bits per heavy atom. The smallest absolute Gasteiger partial charge is 0.416 e. The minimum Gasteiger partial charge on any atom is -0.481 e. The van der Waals surface area contributed by atoms with Crippen LogP contribution in [-0.4, -0.2) is 31.9 Å². The number of rotatable bonds is 8. The standard InChI is InChI=1S/C25H22F3N3O3/c26-25(27,28)20-6-7-22(18-9-16(10-23(32)33)12-29-13-18)19(11-20)14-31(24(34)17-4-5-17)15-21-3-1-2-8-30-21/h1-3,6-9,11-13,17H,4-5,10,14-15H2,(H,32,33). The van der Waals surface area contributed by atoms with Gasteiger partial charge in [-0.3, -0.25) is 19.6 Å². The quantitative estimate of drug-likeness (QED) is 0.516. The molecule has 0 spiro atoms. The highest BCUT2D eigenvalue weighted by atomic mass is 19.4. The molecule has 1 N–H and O–H groups in total. The average Bonchev–Trinajstić information content (AvgIpc) is 3.63. The molecule has 1 aliphatic rings. The van der Waals surface area contributed by atoms with E-state index in [2.05, 4.69) is 9.97 Å². The van der Waals surface area contributed by atoms with Gasteiger partial charge in [-0.05, 0) is 59.9 Å². The third kappa shape index (κ3) is 5.78. The van der Waals surface area contributed by atoms with Crippen LogP contribution < -0.4 is 0 Å². The van der Waals surface area contributed by atoms with Gasteiger partial charge < -0.3 is 10.0 Å². The second-order valence-corrected chi connectivity index (χ2v) is 8.31. The molecular weight excluding hydrogens is 447 g/mol. The number of benzene rings is 1. The molecule has 0 aliphatic heterocycles. The van der Waals surface area contributed by atoms with Crippen molar-refractivity contribution in [3.63, 3.8) is 0 Å². The molecule has 1 fully saturated rings. The summed E-state index contributed by atoms with van der Waals surface area (Å²) in [6.45, 7) is 0.123. The SMILES string of the molecule is O=C(O)Cc1cncc(-c2ccc(C(F)(F)F)cc2CN(Cc2ccccn2)C(=O)C2CC2)c1. The Labute approximate surface area is 194 Å². The molecule has 3 aromatic rings. The molecule has 176 valence electrons. The molecule has 0 radical (unpaired) electrons. The van der Waals surface area contributed by atoms with Crippen molar-refractivity contribution in [3.05, 3.63) is 83.4 Å². The normalized spacial score (nSPS) is 13.5. The Morgan fingerprint density at radius 2 is 1.85 bits per heavy atom. The molecule has 1 saturated carbocycles. The summed E-state index contributed by atoms with van der Waals surface area (Å²) in [6, 6.07) is 10.3. The van der Waals surface area contributed by atoms with Crippen molar-refractivity contribution in [1.82, 2.24) is 14.9 Å². The molecule has 9 heteroatoms. The highest BCUT2D eigenvalue weighted by Gasteiger charge is 2.35. The van der Waals surface area contributed by atoms with Crippen molar-refractivity contribution in [1.29, 1.82) is 0 Å². The zero-order valence-electron chi connectivity index (χ0n) is 18.1. The lowest BCUT2D eigenvalue weighted by atomic mass is 9.96. The summed E-state index contributed by atoms with van der Waals surface area (Å²) < 4.78 is 40.6. The van der Waals surface area contributed by atoms with Gasteiger partial charge in [0.05, 0.1) is 24.2 Å². The Balaban J connectivity index is 1.74. The zero-order chi connectivity index (χ0) is 24.3. The minimum absolute atomic E-state index is 0.0473. The lowest BCUT2D eigenvalue weighted by Crippen LogP contribution is -2.32. The maximum absolute atomic E-state index is 13.5. The van der Waals surface area contributed by atoms with Crippen LogP contribution in [0.2, 0.25) is 0 Å². The molecule has 2 heterocycles. The summed E-state index contributed by atoms with van der Waals surface area (Å²) in [5, 5.41) is 9.08. The maximum atomic E-state index is 13.5. The molecule has 0 atom stereocenters. The number of alkyl halides is 3. The van der Waals surface area contributed by atoms with Gasteiger partial charge in [0.2, 0.25) is 5.91 Å². The lowest BCUT2D eigenvalue weighted by Gasteiger charge is -2.25. The fourth-order valence-electron chi connectivity index (χ4n) is 3.78. The van der Waals surface area contributed by atoms with Crippen molar-refractivity contribution < 1.29 is 27.9 Å². The van der Waals surface area contributed by atoms with Crippen LogP contribution in [0.4, 0.5) is 13.2 Å².